The number of benzene rings is 1. The molecule has 2 aromatic rings. The van der Waals surface area contributed by atoms with E-state index in [0.29, 0.717) is 0 Å². The predicted octanol–water partition coefficient (Wildman–Crippen LogP) is 3.07. The molecule has 0 aliphatic carbocycles. The van der Waals surface area contributed by atoms with Crippen LogP contribution in [0.3, 0.4) is 0 Å². The zero-order valence-corrected chi connectivity index (χ0v) is 10.5. The normalized spacial score (nSPS) is 9.94. The molecule has 17 heavy (non-hydrogen) atoms. The van der Waals surface area contributed by atoms with Crippen LogP contribution in [0.5, 0.6) is 0 Å². The van der Waals surface area contributed by atoms with E-state index in [0.717, 1.165) is 26.1 Å². The van der Waals surface area contributed by atoms with Crippen molar-refractivity contribution in [3.05, 3.63) is 65.0 Å². The lowest BCUT2D eigenvalue weighted by Crippen LogP contribution is -1.98. The van der Waals surface area contributed by atoms with Gasteiger partial charge in [-0.3, -0.25) is 0 Å². The maximum absolute atomic E-state index is 4.56. The summed E-state index contributed by atoms with van der Waals surface area (Å²) in [5, 5.41) is 4.08. The molecule has 2 aromatic carbocycles. The van der Waals surface area contributed by atoms with Gasteiger partial charge < -0.3 is 0 Å². The highest BCUT2D eigenvalue weighted by Gasteiger charge is 1.93. The number of thiol groups is 1. The smallest absolute Gasteiger partial charge is 0.0185 e. The van der Waals surface area contributed by atoms with Gasteiger partial charge in [0.25, 0.3) is 0 Å². The Morgan fingerprint density at radius 3 is 2.29 bits per heavy atom. The molecule has 0 fully saturated rings. The molecule has 0 unspecified atom stereocenters. The third kappa shape index (κ3) is 2.69. The van der Waals surface area contributed by atoms with Crippen LogP contribution in [-0.2, 0) is 0 Å². The average Bonchev–Trinajstić information content (AvgIpc) is 2.33. The molecule has 0 bridgehead atoms. The minimum atomic E-state index is 0.899. The Hall–Kier alpha value is -1.73. The summed E-state index contributed by atoms with van der Waals surface area (Å²) in [7, 11) is 0. The monoisotopic (exact) mass is 238 g/mol. The highest BCUT2D eigenvalue weighted by molar-refractivity contribution is 7.80. The van der Waals surface area contributed by atoms with Gasteiger partial charge in [-0.15, -0.1) is 12.6 Å². The molecule has 0 amide bonds. The molecule has 0 N–H and O–H groups in total. The average molecular weight is 238 g/mol. The Kier molecular flexibility index (Phi) is 3.50. The van der Waals surface area contributed by atoms with Gasteiger partial charge in [0.2, 0.25) is 0 Å². The second-order valence-electron chi connectivity index (χ2n) is 3.90. The molecular weight excluding hydrogens is 224 g/mol. The van der Waals surface area contributed by atoms with Crippen molar-refractivity contribution in [1.29, 1.82) is 0 Å². The predicted molar refractivity (Wildman–Crippen MR) is 79.1 cm³/mol. The van der Waals surface area contributed by atoms with Crippen molar-refractivity contribution in [2.45, 2.75) is 4.90 Å². The van der Waals surface area contributed by atoms with Crippen LogP contribution in [0.2, 0.25) is 0 Å². The lowest BCUT2D eigenvalue weighted by molar-refractivity contribution is 1.48. The number of rotatable bonds is 0. The first-order valence-electron chi connectivity index (χ1n) is 5.41. The van der Waals surface area contributed by atoms with Gasteiger partial charge in [-0.25, -0.2) is 0 Å². The van der Waals surface area contributed by atoms with Gasteiger partial charge in [-0.2, -0.15) is 0 Å². The fourth-order valence-corrected chi connectivity index (χ4v) is 1.97. The molecule has 2 rings (SSSR count). The molecule has 0 aromatic heterocycles. The van der Waals surface area contributed by atoms with Crippen molar-refractivity contribution in [3.63, 3.8) is 0 Å². The molecule has 0 aliphatic rings. The van der Waals surface area contributed by atoms with E-state index in [2.05, 4.69) is 37.9 Å². The Bertz CT molecular complexity index is 700. The van der Waals surface area contributed by atoms with Crippen LogP contribution in [0.25, 0.3) is 23.9 Å². The zero-order chi connectivity index (χ0) is 12.3. The summed E-state index contributed by atoms with van der Waals surface area (Å²) in [4.78, 5) is 0.899. The van der Waals surface area contributed by atoms with Crippen LogP contribution < -0.4 is 10.4 Å². The van der Waals surface area contributed by atoms with E-state index in [1.807, 2.05) is 42.5 Å². The van der Waals surface area contributed by atoms with E-state index in [1.54, 1.807) is 0 Å². The first kappa shape index (κ1) is 11.7. The molecule has 0 radical (unpaired) electrons. The largest absolute Gasteiger partial charge is 0.142 e. The Morgan fingerprint density at radius 1 is 0.824 bits per heavy atom. The first-order chi connectivity index (χ1) is 8.18. The van der Waals surface area contributed by atoms with Gasteiger partial charge in [0, 0.05) is 4.90 Å². The molecular formula is C16H14S. The number of hydrogen-bond acceptors (Lipinski definition) is 1. The Balaban J connectivity index is 3.08. The van der Waals surface area contributed by atoms with E-state index in [4.69, 9.17) is 0 Å². The van der Waals surface area contributed by atoms with Gasteiger partial charge >= 0.3 is 0 Å². The third-order valence-corrected chi connectivity index (χ3v) is 3.11. The number of hydrogen-bond donors (Lipinski definition) is 1. The van der Waals surface area contributed by atoms with Gasteiger partial charge in [-0.1, -0.05) is 61.7 Å². The molecule has 0 aliphatic heterocycles. The van der Waals surface area contributed by atoms with Crippen molar-refractivity contribution in [3.8, 4) is 0 Å². The molecule has 0 spiro atoms. The van der Waals surface area contributed by atoms with Crippen LogP contribution >= 0.6 is 12.6 Å². The highest BCUT2D eigenvalue weighted by atomic mass is 32.1. The van der Waals surface area contributed by atoms with E-state index in [9.17, 15) is 0 Å². The van der Waals surface area contributed by atoms with Crippen LogP contribution in [0, 0.1) is 0 Å². The van der Waals surface area contributed by atoms with E-state index >= 15 is 0 Å². The molecule has 1 heteroatoms. The molecule has 0 saturated carbocycles. The summed E-state index contributed by atoms with van der Waals surface area (Å²) < 4.78 is 0. The second kappa shape index (κ2) is 5.07. The van der Waals surface area contributed by atoms with Gasteiger partial charge in [0.05, 0.1) is 0 Å². The standard InChI is InChI=1S/C16H14S/c1-12-7-3-4-8-13(2)16(17)15-10-6-5-9-14(15)11-12/h3-11,17H,1-2H2. The quantitative estimate of drug-likeness (QED) is 0.670. The molecule has 0 heterocycles. The maximum atomic E-state index is 4.56. The summed E-state index contributed by atoms with van der Waals surface area (Å²) in [6.07, 6.45) is 0. The van der Waals surface area contributed by atoms with Crippen molar-refractivity contribution in [1.82, 2.24) is 0 Å². The van der Waals surface area contributed by atoms with Crippen LogP contribution in [0.15, 0.2) is 59.5 Å². The van der Waals surface area contributed by atoms with Crippen molar-refractivity contribution >= 4 is 36.6 Å². The topological polar surface area (TPSA) is 0 Å². The fourth-order valence-electron chi connectivity index (χ4n) is 1.69. The van der Waals surface area contributed by atoms with E-state index < -0.39 is 0 Å². The van der Waals surface area contributed by atoms with Crippen LogP contribution in [0.1, 0.15) is 0 Å². The van der Waals surface area contributed by atoms with E-state index in [1.165, 1.54) is 0 Å². The first-order valence-corrected chi connectivity index (χ1v) is 5.86. The van der Waals surface area contributed by atoms with Gasteiger partial charge in [0.15, 0.2) is 0 Å². The third-order valence-electron chi connectivity index (χ3n) is 2.58. The molecule has 0 saturated heterocycles. The maximum Gasteiger partial charge on any atom is 0.0185 e. The van der Waals surface area contributed by atoms with Gasteiger partial charge in [-0.05, 0) is 27.3 Å². The summed E-state index contributed by atoms with van der Waals surface area (Å²) in [5.41, 5.74) is 0. The Labute approximate surface area is 107 Å². The van der Waals surface area contributed by atoms with E-state index in [-0.39, 0.29) is 0 Å². The summed E-state index contributed by atoms with van der Waals surface area (Å²) in [6.45, 7) is 8.01. The lowest BCUT2D eigenvalue weighted by Gasteiger charge is -1.97. The van der Waals surface area contributed by atoms with Crippen LogP contribution in [0.4, 0.5) is 0 Å². The Morgan fingerprint density at radius 2 is 1.47 bits per heavy atom. The second-order valence-corrected chi connectivity index (χ2v) is 4.35. The molecule has 84 valence electrons. The minimum Gasteiger partial charge on any atom is -0.142 e. The SMILES string of the molecule is C=c1ccccc(=C)c(S)c2ccccc2c1. The molecule has 0 nitrogen and oxygen atoms in total. The zero-order valence-electron chi connectivity index (χ0n) is 9.56. The molecule has 0 atom stereocenters. The summed E-state index contributed by atoms with van der Waals surface area (Å²) in [5.74, 6) is 0. The van der Waals surface area contributed by atoms with Gasteiger partial charge in [0.1, 0.15) is 0 Å². The van der Waals surface area contributed by atoms with Crippen molar-refractivity contribution in [2.75, 3.05) is 0 Å². The number of fused-ring (bicyclic) bond motifs is 1. The van der Waals surface area contributed by atoms with Crippen LogP contribution in [-0.4, -0.2) is 0 Å². The van der Waals surface area contributed by atoms with Crippen molar-refractivity contribution < 1.29 is 0 Å². The fraction of sp³-hybridized carbons (Fsp3) is 0. The lowest BCUT2D eigenvalue weighted by atomic mass is 10.1. The van der Waals surface area contributed by atoms with Crippen molar-refractivity contribution in [2.24, 2.45) is 0 Å². The summed E-state index contributed by atoms with van der Waals surface area (Å²) >= 11 is 4.56. The summed E-state index contributed by atoms with van der Waals surface area (Å²) in [6, 6.07) is 18.0. The highest BCUT2D eigenvalue weighted by Crippen LogP contribution is 2.15. The minimum absolute atomic E-state index is 0.899.